The standard InChI is InChI=1S/C20H20ClN3O2/c21-15-1-3-16(4-2-15)24-12-18(17-5-8-22-11-19(17)24)14-6-9-23(10-7-14)20(26)13-25/h1-5,8,11-12,14,25H,6-7,9-10,13H2. The van der Waals surface area contributed by atoms with Crippen LogP contribution in [0.4, 0.5) is 0 Å². The first-order valence-electron chi connectivity index (χ1n) is 8.77. The van der Waals surface area contributed by atoms with Gasteiger partial charge in [-0.05, 0) is 54.7 Å². The number of nitrogens with zero attached hydrogens (tertiary/aromatic N) is 3. The summed E-state index contributed by atoms with van der Waals surface area (Å²) in [6, 6.07) is 9.83. The highest BCUT2D eigenvalue weighted by molar-refractivity contribution is 6.30. The number of rotatable bonds is 3. The molecule has 1 aliphatic heterocycles. The van der Waals surface area contributed by atoms with Crippen LogP contribution in [-0.4, -0.2) is 45.2 Å². The second-order valence-corrected chi connectivity index (χ2v) is 7.07. The largest absolute Gasteiger partial charge is 0.387 e. The molecule has 0 saturated carbocycles. The highest BCUT2D eigenvalue weighted by Crippen LogP contribution is 2.35. The van der Waals surface area contributed by atoms with Crippen molar-refractivity contribution in [3.63, 3.8) is 0 Å². The van der Waals surface area contributed by atoms with Crippen molar-refractivity contribution in [1.29, 1.82) is 0 Å². The summed E-state index contributed by atoms with van der Waals surface area (Å²) in [4.78, 5) is 17.7. The molecule has 1 fully saturated rings. The number of fused-ring (bicyclic) bond motifs is 1. The molecule has 3 heterocycles. The molecule has 5 nitrogen and oxygen atoms in total. The van der Waals surface area contributed by atoms with Crippen molar-refractivity contribution >= 4 is 28.4 Å². The highest BCUT2D eigenvalue weighted by Gasteiger charge is 2.26. The van der Waals surface area contributed by atoms with Gasteiger partial charge >= 0.3 is 0 Å². The molecule has 0 aliphatic carbocycles. The highest BCUT2D eigenvalue weighted by atomic mass is 35.5. The molecule has 26 heavy (non-hydrogen) atoms. The van der Waals surface area contributed by atoms with Gasteiger partial charge in [-0.1, -0.05) is 11.6 Å². The molecule has 0 radical (unpaired) electrons. The van der Waals surface area contributed by atoms with E-state index in [-0.39, 0.29) is 5.91 Å². The molecular formula is C20H20ClN3O2. The summed E-state index contributed by atoms with van der Waals surface area (Å²) >= 11 is 6.02. The first-order chi connectivity index (χ1) is 12.7. The minimum absolute atomic E-state index is 0.184. The van der Waals surface area contributed by atoms with Gasteiger partial charge in [0.15, 0.2) is 0 Å². The number of aliphatic hydroxyl groups is 1. The summed E-state index contributed by atoms with van der Waals surface area (Å²) in [7, 11) is 0. The summed E-state index contributed by atoms with van der Waals surface area (Å²) in [5.41, 5.74) is 3.40. The zero-order chi connectivity index (χ0) is 18.1. The Morgan fingerprint density at radius 3 is 2.62 bits per heavy atom. The normalized spacial score (nSPS) is 15.5. The van der Waals surface area contributed by atoms with E-state index in [0.717, 1.165) is 24.0 Å². The molecule has 1 aliphatic rings. The van der Waals surface area contributed by atoms with Gasteiger partial charge in [-0.2, -0.15) is 0 Å². The van der Waals surface area contributed by atoms with E-state index >= 15 is 0 Å². The average molecular weight is 370 g/mol. The van der Waals surface area contributed by atoms with Crippen molar-refractivity contribution < 1.29 is 9.90 Å². The Balaban J connectivity index is 1.68. The number of halogens is 1. The predicted octanol–water partition coefficient (Wildman–Crippen LogP) is 3.38. The third kappa shape index (κ3) is 3.08. The fourth-order valence-corrected chi connectivity index (χ4v) is 3.91. The maximum atomic E-state index is 11.7. The first kappa shape index (κ1) is 17.1. The van der Waals surface area contributed by atoms with Crippen LogP contribution < -0.4 is 0 Å². The molecule has 0 bridgehead atoms. The second kappa shape index (κ2) is 7.09. The maximum Gasteiger partial charge on any atom is 0.248 e. The monoisotopic (exact) mass is 369 g/mol. The minimum atomic E-state index is -0.411. The van der Waals surface area contributed by atoms with Crippen LogP contribution in [0.15, 0.2) is 48.9 Å². The molecule has 1 saturated heterocycles. The van der Waals surface area contributed by atoms with Crippen molar-refractivity contribution in [2.45, 2.75) is 18.8 Å². The van der Waals surface area contributed by atoms with E-state index in [2.05, 4.69) is 21.8 Å². The van der Waals surface area contributed by atoms with E-state index in [9.17, 15) is 4.79 Å². The van der Waals surface area contributed by atoms with Crippen LogP contribution >= 0.6 is 11.6 Å². The lowest BCUT2D eigenvalue weighted by Gasteiger charge is -2.31. The van der Waals surface area contributed by atoms with Gasteiger partial charge in [0.25, 0.3) is 0 Å². The van der Waals surface area contributed by atoms with Crippen LogP contribution in [0.1, 0.15) is 24.3 Å². The quantitative estimate of drug-likeness (QED) is 0.770. The van der Waals surface area contributed by atoms with E-state index in [1.54, 1.807) is 4.90 Å². The van der Waals surface area contributed by atoms with E-state index in [4.69, 9.17) is 16.7 Å². The Bertz CT molecular complexity index is 928. The number of carbonyl (C=O) groups is 1. The third-order valence-electron chi connectivity index (χ3n) is 5.17. The molecule has 6 heteroatoms. The maximum absolute atomic E-state index is 11.7. The molecule has 1 aromatic carbocycles. The molecule has 0 spiro atoms. The first-order valence-corrected chi connectivity index (χ1v) is 9.14. The summed E-state index contributed by atoms with van der Waals surface area (Å²) in [6.07, 6.45) is 7.69. The average Bonchev–Trinajstić information content (AvgIpc) is 3.08. The van der Waals surface area contributed by atoms with Gasteiger partial charge in [-0.25, -0.2) is 0 Å². The third-order valence-corrected chi connectivity index (χ3v) is 5.42. The van der Waals surface area contributed by atoms with Gasteiger partial charge in [0, 0.05) is 41.6 Å². The molecule has 4 rings (SSSR count). The van der Waals surface area contributed by atoms with Crippen LogP contribution in [0.3, 0.4) is 0 Å². The number of hydrogen-bond acceptors (Lipinski definition) is 3. The molecular weight excluding hydrogens is 350 g/mol. The number of likely N-dealkylation sites (tertiary alicyclic amines) is 1. The molecule has 0 unspecified atom stereocenters. The molecule has 2 aromatic heterocycles. The Labute approximate surface area is 156 Å². The Morgan fingerprint density at radius 1 is 1.19 bits per heavy atom. The molecule has 1 N–H and O–H groups in total. The fourth-order valence-electron chi connectivity index (χ4n) is 3.78. The second-order valence-electron chi connectivity index (χ2n) is 6.64. The van der Waals surface area contributed by atoms with Crippen molar-refractivity contribution in [1.82, 2.24) is 14.5 Å². The predicted molar refractivity (Wildman–Crippen MR) is 102 cm³/mol. The fraction of sp³-hybridized carbons (Fsp3) is 0.300. The van der Waals surface area contributed by atoms with Crippen LogP contribution in [0.2, 0.25) is 5.02 Å². The number of hydrogen-bond donors (Lipinski definition) is 1. The van der Waals surface area contributed by atoms with E-state index in [1.165, 1.54) is 10.9 Å². The number of aromatic nitrogens is 2. The molecule has 1 amide bonds. The van der Waals surface area contributed by atoms with Gasteiger partial charge in [0.1, 0.15) is 6.61 Å². The Hall–Kier alpha value is -2.37. The van der Waals surface area contributed by atoms with Gasteiger partial charge in [-0.15, -0.1) is 0 Å². The van der Waals surface area contributed by atoms with Crippen LogP contribution in [0.25, 0.3) is 16.6 Å². The summed E-state index contributed by atoms with van der Waals surface area (Å²) in [5, 5.41) is 11.0. The topological polar surface area (TPSA) is 58.4 Å². The Morgan fingerprint density at radius 2 is 1.92 bits per heavy atom. The summed E-state index contributed by atoms with van der Waals surface area (Å²) in [6.45, 7) is 0.956. The van der Waals surface area contributed by atoms with Gasteiger partial charge in [-0.3, -0.25) is 9.78 Å². The van der Waals surface area contributed by atoms with Crippen LogP contribution in [0, 0.1) is 0 Å². The van der Waals surface area contributed by atoms with Crippen molar-refractivity contribution in [2.75, 3.05) is 19.7 Å². The molecule has 134 valence electrons. The molecule has 0 atom stereocenters. The molecule has 3 aromatic rings. The van der Waals surface area contributed by atoms with E-state index in [0.29, 0.717) is 24.0 Å². The Kier molecular flexibility index (Phi) is 4.66. The zero-order valence-corrected chi connectivity index (χ0v) is 15.1. The van der Waals surface area contributed by atoms with Crippen molar-refractivity contribution in [2.24, 2.45) is 0 Å². The number of pyridine rings is 1. The minimum Gasteiger partial charge on any atom is -0.387 e. The summed E-state index contributed by atoms with van der Waals surface area (Å²) in [5.74, 6) is 0.201. The van der Waals surface area contributed by atoms with Crippen LogP contribution in [-0.2, 0) is 4.79 Å². The van der Waals surface area contributed by atoms with Gasteiger partial charge < -0.3 is 14.6 Å². The number of piperidine rings is 1. The smallest absolute Gasteiger partial charge is 0.248 e. The van der Waals surface area contributed by atoms with Gasteiger partial charge in [0.05, 0.1) is 11.7 Å². The van der Waals surface area contributed by atoms with E-state index < -0.39 is 6.61 Å². The van der Waals surface area contributed by atoms with Crippen molar-refractivity contribution in [3.05, 3.63) is 59.5 Å². The lowest BCUT2D eigenvalue weighted by Crippen LogP contribution is -2.39. The van der Waals surface area contributed by atoms with E-state index in [1.807, 2.05) is 36.7 Å². The number of aliphatic hydroxyl groups excluding tert-OH is 1. The SMILES string of the molecule is O=C(CO)N1CCC(c2cn(-c3ccc(Cl)cc3)c3cnccc23)CC1. The van der Waals surface area contributed by atoms with Gasteiger partial charge in [0.2, 0.25) is 5.91 Å². The lowest BCUT2D eigenvalue weighted by molar-refractivity contribution is -0.135. The number of amides is 1. The number of carbonyl (C=O) groups excluding carboxylic acids is 1. The zero-order valence-electron chi connectivity index (χ0n) is 14.3. The number of benzene rings is 1. The lowest BCUT2D eigenvalue weighted by atomic mass is 9.89. The summed E-state index contributed by atoms with van der Waals surface area (Å²) < 4.78 is 2.15. The van der Waals surface area contributed by atoms with Crippen LogP contribution in [0.5, 0.6) is 0 Å². The van der Waals surface area contributed by atoms with Crippen molar-refractivity contribution in [3.8, 4) is 5.69 Å².